The second kappa shape index (κ2) is 7.01. The smallest absolute Gasteiger partial charge is 0.361 e. The quantitative estimate of drug-likeness (QED) is 0.799. The molecule has 2 rings (SSSR count). The van der Waals surface area contributed by atoms with Gasteiger partial charge in [0.25, 0.3) is 5.91 Å². The van der Waals surface area contributed by atoms with E-state index in [1.54, 1.807) is 0 Å². The normalized spacial score (nSPS) is 21.6. The van der Waals surface area contributed by atoms with E-state index in [0.29, 0.717) is 0 Å². The average Bonchev–Trinajstić information content (AvgIpc) is 2.48. The van der Waals surface area contributed by atoms with E-state index in [1.807, 2.05) is 0 Å². The van der Waals surface area contributed by atoms with Crippen molar-refractivity contribution in [3.05, 3.63) is 18.1 Å². The van der Waals surface area contributed by atoms with Crippen LogP contribution in [0.5, 0.6) is 0 Å². The molecule has 0 aromatic carbocycles. The number of nitrogens with two attached hydrogens (primary N) is 1. The van der Waals surface area contributed by atoms with Crippen molar-refractivity contribution in [3.63, 3.8) is 0 Å². The van der Waals surface area contributed by atoms with Crippen molar-refractivity contribution >= 4 is 17.7 Å². The second-order valence-electron chi connectivity index (χ2n) is 5.39. The third-order valence-corrected chi connectivity index (χ3v) is 3.64. The van der Waals surface area contributed by atoms with Crippen molar-refractivity contribution < 1.29 is 14.3 Å². The number of aromatic nitrogens is 2. The van der Waals surface area contributed by atoms with Gasteiger partial charge in [0.2, 0.25) is 0 Å². The predicted molar refractivity (Wildman–Crippen MR) is 76.3 cm³/mol. The minimum Gasteiger partial charge on any atom is -0.451 e. The van der Waals surface area contributed by atoms with Crippen LogP contribution in [-0.2, 0) is 9.53 Å². The van der Waals surface area contributed by atoms with Gasteiger partial charge in [-0.1, -0.05) is 6.92 Å². The van der Waals surface area contributed by atoms with Gasteiger partial charge in [0.1, 0.15) is 0 Å². The Morgan fingerprint density at radius 1 is 1.29 bits per heavy atom. The molecular formula is C14H20N4O3. The van der Waals surface area contributed by atoms with Gasteiger partial charge in [-0.25, -0.2) is 14.8 Å². The van der Waals surface area contributed by atoms with E-state index >= 15 is 0 Å². The highest BCUT2D eigenvalue weighted by molar-refractivity contribution is 5.93. The molecule has 21 heavy (non-hydrogen) atoms. The molecular weight excluding hydrogens is 272 g/mol. The Morgan fingerprint density at radius 3 is 2.62 bits per heavy atom. The third kappa shape index (κ3) is 4.40. The molecule has 114 valence electrons. The molecule has 1 fully saturated rings. The zero-order chi connectivity index (χ0) is 15.2. The van der Waals surface area contributed by atoms with Gasteiger partial charge < -0.3 is 15.8 Å². The molecule has 1 aromatic rings. The number of nitrogens with one attached hydrogen (secondary N) is 1. The number of carbonyl (C=O) groups is 2. The summed E-state index contributed by atoms with van der Waals surface area (Å²) >= 11 is 0. The minimum absolute atomic E-state index is 0.0100. The lowest BCUT2D eigenvalue weighted by Crippen LogP contribution is -2.39. The molecule has 0 aliphatic heterocycles. The van der Waals surface area contributed by atoms with E-state index in [2.05, 4.69) is 22.2 Å². The van der Waals surface area contributed by atoms with Gasteiger partial charge in [0, 0.05) is 18.4 Å². The Hall–Kier alpha value is -2.18. The summed E-state index contributed by atoms with van der Waals surface area (Å²) in [5, 5.41) is 2.88. The number of amides is 1. The number of hydrogen-bond donors (Lipinski definition) is 2. The minimum atomic E-state index is -0.743. The van der Waals surface area contributed by atoms with Crippen LogP contribution in [0.2, 0.25) is 0 Å². The van der Waals surface area contributed by atoms with Crippen LogP contribution in [0.4, 0.5) is 5.82 Å². The first kappa shape index (κ1) is 15.2. The van der Waals surface area contributed by atoms with Crippen molar-refractivity contribution in [2.75, 3.05) is 12.3 Å². The van der Waals surface area contributed by atoms with Crippen molar-refractivity contribution in [1.82, 2.24) is 15.3 Å². The van der Waals surface area contributed by atoms with Gasteiger partial charge in [-0.3, -0.25) is 4.79 Å². The number of carbonyl (C=O) groups excluding carboxylic acids is 2. The van der Waals surface area contributed by atoms with Crippen LogP contribution in [0.3, 0.4) is 0 Å². The fraction of sp³-hybridized carbons (Fsp3) is 0.571. The number of ether oxygens (including phenoxy) is 1. The Morgan fingerprint density at radius 2 is 1.95 bits per heavy atom. The molecule has 0 radical (unpaired) electrons. The largest absolute Gasteiger partial charge is 0.451 e. The second-order valence-corrected chi connectivity index (χ2v) is 5.39. The summed E-state index contributed by atoms with van der Waals surface area (Å²) in [4.78, 5) is 31.0. The number of anilines is 1. The Kier molecular flexibility index (Phi) is 5.08. The summed E-state index contributed by atoms with van der Waals surface area (Å²) in [6.07, 6.45) is 6.89. The van der Waals surface area contributed by atoms with Gasteiger partial charge in [0.15, 0.2) is 18.1 Å². The highest BCUT2D eigenvalue weighted by Gasteiger charge is 2.21. The lowest BCUT2D eigenvalue weighted by Gasteiger charge is -2.26. The molecule has 7 nitrogen and oxygen atoms in total. The maximum Gasteiger partial charge on any atom is 0.361 e. The Balaban J connectivity index is 1.76. The first-order chi connectivity index (χ1) is 10.1. The van der Waals surface area contributed by atoms with Crippen LogP contribution < -0.4 is 11.1 Å². The molecule has 0 unspecified atom stereocenters. The lowest BCUT2D eigenvalue weighted by atomic mass is 9.87. The fourth-order valence-electron chi connectivity index (χ4n) is 2.38. The van der Waals surface area contributed by atoms with Gasteiger partial charge >= 0.3 is 5.97 Å². The van der Waals surface area contributed by atoms with Crippen molar-refractivity contribution in [2.24, 2.45) is 5.92 Å². The summed E-state index contributed by atoms with van der Waals surface area (Å²) in [5.41, 5.74) is 5.44. The molecule has 1 saturated carbocycles. The van der Waals surface area contributed by atoms with Crippen LogP contribution >= 0.6 is 0 Å². The molecule has 0 spiro atoms. The van der Waals surface area contributed by atoms with Gasteiger partial charge in [-0.2, -0.15) is 0 Å². The molecule has 1 aliphatic carbocycles. The molecule has 1 aromatic heterocycles. The number of hydrogen-bond acceptors (Lipinski definition) is 6. The molecule has 0 atom stereocenters. The maximum absolute atomic E-state index is 11.8. The van der Waals surface area contributed by atoms with Crippen LogP contribution in [0.1, 0.15) is 43.1 Å². The van der Waals surface area contributed by atoms with Crippen LogP contribution in [0, 0.1) is 5.92 Å². The lowest BCUT2D eigenvalue weighted by molar-refractivity contribution is -0.125. The standard InChI is InChI=1S/C14H20N4O3/c1-9-2-4-10(5-3-9)18-11(19)8-21-14(20)12-13(15)17-7-6-16-12/h6-7,9-10H,2-5,8H2,1H3,(H2,15,17)(H,18,19). The van der Waals surface area contributed by atoms with Gasteiger partial charge in [-0.15, -0.1) is 0 Å². The summed E-state index contributed by atoms with van der Waals surface area (Å²) in [6.45, 7) is 1.88. The van der Waals surface area contributed by atoms with E-state index in [4.69, 9.17) is 10.5 Å². The van der Waals surface area contributed by atoms with E-state index in [9.17, 15) is 9.59 Å². The summed E-state index contributed by atoms with van der Waals surface area (Å²) in [7, 11) is 0. The molecule has 1 heterocycles. The molecule has 1 aliphatic rings. The maximum atomic E-state index is 11.8. The van der Waals surface area contributed by atoms with Crippen molar-refractivity contribution in [3.8, 4) is 0 Å². The third-order valence-electron chi connectivity index (χ3n) is 3.64. The number of nitrogen functional groups attached to an aromatic ring is 1. The van der Waals surface area contributed by atoms with Crippen LogP contribution in [-0.4, -0.2) is 34.5 Å². The van der Waals surface area contributed by atoms with Gasteiger partial charge in [0.05, 0.1) is 0 Å². The molecule has 0 bridgehead atoms. The molecule has 7 heteroatoms. The van der Waals surface area contributed by atoms with E-state index in [-0.39, 0.29) is 30.1 Å². The number of rotatable bonds is 4. The SMILES string of the molecule is CC1CCC(NC(=O)COC(=O)c2nccnc2N)CC1. The topological polar surface area (TPSA) is 107 Å². The average molecular weight is 292 g/mol. The molecule has 0 saturated heterocycles. The Bertz CT molecular complexity index is 513. The highest BCUT2D eigenvalue weighted by atomic mass is 16.5. The fourth-order valence-corrected chi connectivity index (χ4v) is 2.38. The molecule has 1 amide bonds. The van der Waals surface area contributed by atoms with E-state index < -0.39 is 5.97 Å². The van der Waals surface area contributed by atoms with Crippen molar-refractivity contribution in [1.29, 1.82) is 0 Å². The summed E-state index contributed by atoms with van der Waals surface area (Å²) < 4.78 is 4.90. The highest BCUT2D eigenvalue weighted by Crippen LogP contribution is 2.23. The van der Waals surface area contributed by atoms with Crippen LogP contribution in [0.25, 0.3) is 0 Å². The van der Waals surface area contributed by atoms with E-state index in [0.717, 1.165) is 31.6 Å². The Labute approximate surface area is 123 Å². The zero-order valence-electron chi connectivity index (χ0n) is 12.0. The summed E-state index contributed by atoms with van der Waals surface area (Å²) in [5.74, 6) is -0.335. The molecule has 3 N–H and O–H groups in total. The monoisotopic (exact) mass is 292 g/mol. The van der Waals surface area contributed by atoms with Crippen molar-refractivity contribution in [2.45, 2.75) is 38.6 Å². The number of nitrogens with zero attached hydrogens (tertiary/aromatic N) is 2. The first-order valence-corrected chi connectivity index (χ1v) is 7.09. The summed E-state index contributed by atoms with van der Waals surface area (Å²) in [6, 6.07) is 0.175. The predicted octanol–water partition coefficient (Wildman–Crippen LogP) is 0.910. The zero-order valence-corrected chi connectivity index (χ0v) is 12.0. The van der Waals surface area contributed by atoms with Crippen LogP contribution in [0.15, 0.2) is 12.4 Å². The van der Waals surface area contributed by atoms with Gasteiger partial charge in [-0.05, 0) is 31.6 Å². The number of esters is 1. The van der Waals surface area contributed by atoms with E-state index in [1.165, 1.54) is 12.4 Å². The first-order valence-electron chi connectivity index (χ1n) is 7.09.